The van der Waals surface area contributed by atoms with Gasteiger partial charge in [-0.25, -0.2) is 4.39 Å². The van der Waals surface area contributed by atoms with Crippen molar-refractivity contribution in [1.82, 2.24) is 0 Å². The molecular formula is C13H11F. The predicted octanol–water partition coefficient (Wildman–Crippen LogP) is 3.80. The van der Waals surface area contributed by atoms with Crippen molar-refractivity contribution in [2.24, 2.45) is 0 Å². The first-order chi connectivity index (χ1) is 6.79. The highest BCUT2D eigenvalue weighted by Crippen LogP contribution is 2.24. The summed E-state index contributed by atoms with van der Waals surface area (Å²) in [6.45, 7) is 1.80. The summed E-state index contributed by atoms with van der Waals surface area (Å²) in [7, 11) is 0. The Labute approximate surface area is 83.0 Å². The van der Waals surface area contributed by atoms with Crippen molar-refractivity contribution in [3.8, 4) is 11.1 Å². The van der Waals surface area contributed by atoms with Gasteiger partial charge in [0.2, 0.25) is 0 Å². The summed E-state index contributed by atoms with van der Waals surface area (Å²) in [6, 6.07) is 15.0. The number of hydrogen-bond donors (Lipinski definition) is 0. The van der Waals surface area contributed by atoms with Crippen LogP contribution in [0.5, 0.6) is 0 Å². The molecule has 0 fully saturated rings. The van der Waals surface area contributed by atoms with Gasteiger partial charge in [-0.1, -0.05) is 42.5 Å². The molecule has 2 aromatic carbocycles. The Balaban J connectivity index is 2.58. The summed E-state index contributed by atoms with van der Waals surface area (Å²) in [6.07, 6.45) is 0. The third-order valence-electron chi connectivity index (χ3n) is 2.35. The Morgan fingerprint density at radius 3 is 2.29 bits per heavy atom. The molecule has 1 heteroatoms. The molecule has 0 saturated carbocycles. The molecule has 2 aromatic rings. The third-order valence-corrected chi connectivity index (χ3v) is 2.35. The molecule has 0 N–H and O–H groups in total. The van der Waals surface area contributed by atoms with Crippen molar-refractivity contribution < 1.29 is 4.39 Å². The monoisotopic (exact) mass is 186 g/mol. The average molecular weight is 186 g/mol. The predicted molar refractivity (Wildman–Crippen MR) is 56.6 cm³/mol. The van der Waals surface area contributed by atoms with Gasteiger partial charge in [0, 0.05) is 0 Å². The minimum atomic E-state index is -0.147. The maximum Gasteiger partial charge on any atom is 0.126 e. The van der Waals surface area contributed by atoms with E-state index < -0.39 is 0 Å². The normalized spacial score (nSPS) is 10.1. The number of benzene rings is 2. The summed E-state index contributed by atoms with van der Waals surface area (Å²) >= 11 is 0. The van der Waals surface area contributed by atoms with E-state index in [4.69, 9.17) is 0 Å². The fourth-order valence-corrected chi connectivity index (χ4v) is 1.54. The first-order valence-corrected chi connectivity index (χ1v) is 4.59. The van der Waals surface area contributed by atoms with E-state index >= 15 is 0 Å². The lowest BCUT2D eigenvalue weighted by molar-refractivity contribution is 0.619. The maximum atomic E-state index is 13.3. The summed E-state index contributed by atoms with van der Waals surface area (Å²) in [5.74, 6) is -0.147. The lowest BCUT2D eigenvalue weighted by atomic mass is 10.0. The molecule has 0 heterocycles. The maximum absolute atomic E-state index is 13.3. The van der Waals surface area contributed by atoms with Crippen LogP contribution in [0.3, 0.4) is 0 Å². The second-order valence-corrected chi connectivity index (χ2v) is 3.28. The van der Waals surface area contributed by atoms with Gasteiger partial charge in [0.25, 0.3) is 0 Å². The Hall–Kier alpha value is -1.63. The smallest absolute Gasteiger partial charge is 0.126 e. The van der Waals surface area contributed by atoms with Crippen LogP contribution in [0.1, 0.15) is 5.56 Å². The quantitative estimate of drug-likeness (QED) is 0.635. The van der Waals surface area contributed by atoms with E-state index in [1.807, 2.05) is 36.4 Å². The molecule has 0 saturated heterocycles. The van der Waals surface area contributed by atoms with E-state index in [1.165, 1.54) is 6.07 Å². The van der Waals surface area contributed by atoms with Crippen LogP contribution in [0.2, 0.25) is 0 Å². The highest BCUT2D eigenvalue weighted by Gasteiger charge is 2.04. The van der Waals surface area contributed by atoms with Gasteiger partial charge in [-0.2, -0.15) is 0 Å². The minimum Gasteiger partial charge on any atom is -0.207 e. The molecule has 0 aromatic heterocycles. The van der Waals surface area contributed by atoms with E-state index in [-0.39, 0.29) is 5.82 Å². The van der Waals surface area contributed by atoms with Crippen molar-refractivity contribution in [2.45, 2.75) is 6.92 Å². The number of halogens is 1. The van der Waals surface area contributed by atoms with Gasteiger partial charge in [0.1, 0.15) is 5.82 Å². The minimum absolute atomic E-state index is 0.147. The zero-order valence-corrected chi connectivity index (χ0v) is 8.00. The Bertz CT molecular complexity index is 432. The van der Waals surface area contributed by atoms with Crippen LogP contribution in [-0.4, -0.2) is 0 Å². The van der Waals surface area contributed by atoms with Gasteiger partial charge in [-0.3, -0.25) is 0 Å². The molecule has 0 amide bonds. The zero-order valence-electron chi connectivity index (χ0n) is 8.00. The van der Waals surface area contributed by atoms with Gasteiger partial charge in [-0.05, 0) is 29.7 Å². The topological polar surface area (TPSA) is 0 Å². The van der Waals surface area contributed by atoms with Gasteiger partial charge >= 0.3 is 0 Å². The van der Waals surface area contributed by atoms with Crippen molar-refractivity contribution in [1.29, 1.82) is 0 Å². The Morgan fingerprint density at radius 1 is 0.857 bits per heavy atom. The lowest BCUT2D eigenvalue weighted by Gasteiger charge is -2.05. The SMILES string of the molecule is Cc1c(F)cccc1-c1ccccc1. The first kappa shape index (κ1) is 8.95. The molecule has 0 atom stereocenters. The molecular weight excluding hydrogens is 175 g/mol. The van der Waals surface area contributed by atoms with Crippen LogP contribution < -0.4 is 0 Å². The highest BCUT2D eigenvalue weighted by molar-refractivity contribution is 5.66. The number of rotatable bonds is 1. The zero-order chi connectivity index (χ0) is 9.97. The van der Waals surface area contributed by atoms with Crippen LogP contribution in [0.4, 0.5) is 4.39 Å². The molecule has 70 valence electrons. The molecule has 14 heavy (non-hydrogen) atoms. The Kier molecular flexibility index (Phi) is 2.32. The van der Waals surface area contributed by atoms with Gasteiger partial charge in [0.15, 0.2) is 0 Å². The van der Waals surface area contributed by atoms with Crippen LogP contribution in [0, 0.1) is 12.7 Å². The van der Waals surface area contributed by atoms with E-state index in [0.717, 1.165) is 11.1 Å². The van der Waals surface area contributed by atoms with Crippen LogP contribution in [0.15, 0.2) is 48.5 Å². The molecule has 0 radical (unpaired) electrons. The summed E-state index contributed by atoms with van der Waals surface area (Å²) in [5.41, 5.74) is 2.73. The summed E-state index contributed by atoms with van der Waals surface area (Å²) in [5, 5.41) is 0. The molecule has 0 aliphatic heterocycles. The van der Waals surface area contributed by atoms with Crippen LogP contribution in [-0.2, 0) is 0 Å². The summed E-state index contributed by atoms with van der Waals surface area (Å²) in [4.78, 5) is 0. The molecule has 0 spiro atoms. The molecule has 0 aliphatic carbocycles. The fraction of sp³-hybridized carbons (Fsp3) is 0.0769. The standard InChI is InChI=1S/C13H11F/c1-10-12(8-5-9-13(10)14)11-6-3-2-4-7-11/h2-9H,1H3. The average Bonchev–Trinajstić information content (AvgIpc) is 2.23. The van der Waals surface area contributed by atoms with E-state index in [0.29, 0.717) is 5.56 Å². The number of hydrogen-bond acceptors (Lipinski definition) is 0. The second kappa shape index (κ2) is 3.62. The first-order valence-electron chi connectivity index (χ1n) is 4.59. The van der Waals surface area contributed by atoms with Gasteiger partial charge in [-0.15, -0.1) is 0 Å². The van der Waals surface area contributed by atoms with Crippen molar-refractivity contribution >= 4 is 0 Å². The molecule has 0 aliphatic rings. The molecule has 0 bridgehead atoms. The fourth-order valence-electron chi connectivity index (χ4n) is 1.54. The Morgan fingerprint density at radius 2 is 1.57 bits per heavy atom. The van der Waals surface area contributed by atoms with Crippen molar-refractivity contribution in [2.75, 3.05) is 0 Å². The lowest BCUT2D eigenvalue weighted by Crippen LogP contribution is -1.86. The summed E-state index contributed by atoms with van der Waals surface area (Å²) < 4.78 is 13.3. The van der Waals surface area contributed by atoms with Crippen LogP contribution >= 0.6 is 0 Å². The molecule has 0 nitrogen and oxygen atoms in total. The van der Waals surface area contributed by atoms with Gasteiger partial charge in [0.05, 0.1) is 0 Å². The van der Waals surface area contributed by atoms with Crippen molar-refractivity contribution in [3.63, 3.8) is 0 Å². The third kappa shape index (κ3) is 1.53. The van der Waals surface area contributed by atoms with E-state index in [1.54, 1.807) is 13.0 Å². The second-order valence-electron chi connectivity index (χ2n) is 3.28. The van der Waals surface area contributed by atoms with Crippen molar-refractivity contribution in [3.05, 3.63) is 59.9 Å². The van der Waals surface area contributed by atoms with E-state index in [2.05, 4.69) is 0 Å². The van der Waals surface area contributed by atoms with Gasteiger partial charge < -0.3 is 0 Å². The largest absolute Gasteiger partial charge is 0.207 e. The van der Waals surface area contributed by atoms with Crippen LogP contribution in [0.25, 0.3) is 11.1 Å². The highest BCUT2D eigenvalue weighted by atomic mass is 19.1. The van der Waals surface area contributed by atoms with E-state index in [9.17, 15) is 4.39 Å². The molecule has 0 unspecified atom stereocenters. The molecule has 2 rings (SSSR count).